The molecule has 0 aliphatic carbocycles. The van der Waals surface area contributed by atoms with Crippen LogP contribution in [0.15, 0.2) is 12.3 Å². The third-order valence-corrected chi connectivity index (χ3v) is 5.43. The van der Waals surface area contributed by atoms with E-state index in [4.69, 9.17) is 14.2 Å². The van der Waals surface area contributed by atoms with Crippen molar-refractivity contribution < 1.29 is 14.2 Å². The van der Waals surface area contributed by atoms with Gasteiger partial charge in [0.2, 0.25) is 0 Å². The molecule has 0 radical (unpaired) electrons. The van der Waals surface area contributed by atoms with Crippen molar-refractivity contribution in [3.8, 4) is 23.4 Å². The second-order valence-electron chi connectivity index (χ2n) is 8.07. The molecule has 0 saturated heterocycles. The predicted molar refractivity (Wildman–Crippen MR) is 115 cm³/mol. The fraction of sp³-hybridized carbons (Fsp3) is 0.652. The highest BCUT2D eigenvalue weighted by atomic mass is 16.5. The molecule has 0 bridgehead atoms. The molecule has 0 aliphatic rings. The summed E-state index contributed by atoms with van der Waals surface area (Å²) >= 11 is 0. The van der Waals surface area contributed by atoms with E-state index < -0.39 is 0 Å². The summed E-state index contributed by atoms with van der Waals surface area (Å²) in [5.41, 5.74) is 0.998. The Morgan fingerprint density at radius 3 is 2.03 bits per heavy atom. The van der Waals surface area contributed by atoms with Crippen LogP contribution in [0.2, 0.25) is 0 Å². The molecule has 160 valence electrons. The number of aromatic nitrogens is 2. The molecule has 2 aromatic heterocycles. The zero-order valence-electron chi connectivity index (χ0n) is 18.7. The monoisotopic (exact) mass is 401 g/mol. The van der Waals surface area contributed by atoms with Gasteiger partial charge in [0.05, 0.1) is 19.8 Å². The Hall–Kier alpha value is -2.42. The molecule has 0 aliphatic heterocycles. The topological polar surface area (TPSA) is 68.8 Å². The summed E-state index contributed by atoms with van der Waals surface area (Å²) in [6, 6.07) is 4.12. The van der Waals surface area contributed by atoms with E-state index in [2.05, 4.69) is 52.7 Å². The Bertz CT molecular complexity index is 825. The third-order valence-electron chi connectivity index (χ3n) is 5.43. The van der Waals surface area contributed by atoms with E-state index in [9.17, 15) is 5.26 Å². The summed E-state index contributed by atoms with van der Waals surface area (Å²) in [7, 11) is 0. The predicted octanol–water partition coefficient (Wildman–Crippen LogP) is 5.48. The Balaban J connectivity index is 2.46. The molecule has 0 aromatic carbocycles. The van der Waals surface area contributed by atoms with Crippen LogP contribution in [0.4, 0.5) is 0 Å². The first-order valence-corrected chi connectivity index (χ1v) is 10.8. The Labute approximate surface area is 174 Å². The van der Waals surface area contributed by atoms with Gasteiger partial charge in [-0.2, -0.15) is 5.26 Å². The van der Waals surface area contributed by atoms with Crippen molar-refractivity contribution in [3.05, 3.63) is 17.8 Å². The second kappa shape index (κ2) is 10.9. The molecule has 0 saturated carbocycles. The second-order valence-corrected chi connectivity index (χ2v) is 8.07. The van der Waals surface area contributed by atoms with E-state index >= 15 is 0 Å². The van der Waals surface area contributed by atoms with Crippen molar-refractivity contribution in [2.24, 2.45) is 17.8 Å². The molecule has 29 heavy (non-hydrogen) atoms. The number of nitriles is 1. The average Bonchev–Trinajstić information content (AvgIpc) is 3.11. The maximum atomic E-state index is 9.84. The third kappa shape index (κ3) is 5.79. The first-order chi connectivity index (χ1) is 13.9. The maximum absolute atomic E-state index is 9.84. The SMILES string of the molecule is CCC(C)COc1ccn2nc(OCC(C)CC)c(C#N)c2c1OCC(C)CC. The summed E-state index contributed by atoms with van der Waals surface area (Å²) in [6.45, 7) is 14.5. The van der Waals surface area contributed by atoms with Gasteiger partial charge in [0, 0.05) is 12.3 Å². The Morgan fingerprint density at radius 2 is 1.48 bits per heavy atom. The summed E-state index contributed by atoms with van der Waals surface area (Å²) in [6.07, 6.45) is 4.86. The van der Waals surface area contributed by atoms with Crippen LogP contribution in [0.3, 0.4) is 0 Å². The standard InChI is InChI=1S/C23H35N3O3/c1-7-16(4)13-27-20-10-11-26-21(22(20)28-14-17(5)8-2)19(12-24)23(25-26)29-15-18(6)9-3/h10-11,16-18H,7-9,13-15H2,1-6H3. The van der Waals surface area contributed by atoms with Gasteiger partial charge in [0.25, 0.3) is 5.88 Å². The number of hydrogen-bond donors (Lipinski definition) is 0. The van der Waals surface area contributed by atoms with Crippen molar-refractivity contribution in [1.29, 1.82) is 5.26 Å². The highest BCUT2D eigenvalue weighted by Gasteiger charge is 2.23. The highest BCUT2D eigenvalue weighted by Crippen LogP contribution is 2.37. The van der Waals surface area contributed by atoms with E-state index in [0.717, 1.165) is 19.3 Å². The van der Waals surface area contributed by atoms with Crippen LogP contribution in [-0.4, -0.2) is 29.4 Å². The molecule has 3 unspecified atom stereocenters. The number of fused-ring (bicyclic) bond motifs is 1. The fourth-order valence-electron chi connectivity index (χ4n) is 2.56. The Morgan fingerprint density at radius 1 is 0.931 bits per heavy atom. The number of rotatable bonds is 12. The van der Waals surface area contributed by atoms with Crippen LogP contribution in [-0.2, 0) is 0 Å². The highest BCUT2D eigenvalue weighted by molar-refractivity contribution is 5.76. The van der Waals surface area contributed by atoms with Gasteiger partial charge in [0.15, 0.2) is 11.5 Å². The molecule has 3 atom stereocenters. The zero-order chi connectivity index (χ0) is 21.4. The van der Waals surface area contributed by atoms with Crippen molar-refractivity contribution >= 4 is 5.52 Å². The summed E-state index contributed by atoms with van der Waals surface area (Å²) in [4.78, 5) is 0. The van der Waals surface area contributed by atoms with Gasteiger partial charge < -0.3 is 14.2 Å². The molecule has 2 aromatic rings. The molecule has 0 spiro atoms. The van der Waals surface area contributed by atoms with Crippen LogP contribution in [0.5, 0.6) is 17.4 Å². The maximum Gasteiger partial charge on any atom is 0.252 e. The van der Waals surface area contributed by atoms with Gasteiger partial charge in [-0.05, 0) is 17.8 Å². The van der Waals surface area contributed by atoms with Crippen molar-refractivity contribution in [2.45, 2.75) is 60.8 Å². The molecule has 0 fully saturated rings. The lowest BCUT2D eigenvalue weighted by molar-refractivity contribution is 0.219. The lowest BCUT2D eigenvalue weighted by Crippen LogP contribution is -2.12. The van der Waals surface area contributed by atoms with Gasteiger partial charge >= 0.3 is 0 Å². The molecule has 0 N–H and O–H groups in total. The summed E-state index contributed by atoms with van der Waals surface area (Å²) < 4.78 is 19.8. The lowest BCUT2D eigenvalue weighted by atomic mass is 10.1. The number of pyridine rings is 1. The van der Waals surface area contributed by atoms with Crippen LogP contribution in [0, 0.1) is 29.1 Å². The van der Waals surface area contributed by atoms with Crippen molar-refractivity contribution in [1.82, 2.24) is 9.61 Å². The first-order valence-electron chi connectivity index (χ1n) is 10.8. The summed E-state index contributed by atoms with van der Waals surface area (Å²) in [5, 5.41) is 14.3. The van der Waals surface area contributed by atoms with Crippen molar-refractivity contribution in [2.75, 3.05) is 19.8 Å². The Kier molecular flexibility index (Phi) is 8.63. The number of hydrogen-bond acceptors (Lipinski definition) is 5. The van der Waals surface area contributed by atoms with Gasteiger partial charge in [-0.25, -0.2) is 4.52 Å². The number of ether oxygens (including phenoxy) is 3. The summed E-state index contributed by atoms with van der Waals surface area (Å²) in [5.74, 6) is 2.78. The van der Waals surface area contributed by atoms with Crippen LogP contribution in [0.25, 0.3) is 5.52 Å². The molecule has 2 rings (SSSR count). The van der Waals surface area contributed by atoms with Crippen molar-refractivity contribution in [3.63, 3.8) is 0 Å². The molecule has 0 amide bonds. The number of nitrogens with zero attached hydrogens (tertiary/aromatic N) is 3. The van der Waals surface area contributed by atoms with E-state index in [1.165, 1.54) is 0 Å². The zero-order valence-corrected chi connectivity index (χ0v) is 18.7. The molecule has 6 nitrogen and oxygen atoms in total. The largest absolute Gasteiger partial charge is 0.489 e. The minimum Gasteiger partial charge on any atom is -0.489 e. The minimum absolute atomic E-state index is 0.347. The lowest BCUT2D eigenvalue weighted by Gasteiger charge is -2.17. The average molecular weight is 402 g/mol. The first kappa shape index (κ1) is 22.9. The fourth-order valence-corrected chi connectivity index (χ4v) is 2.56. The van der Waals surface area contributed by atoms with Crippen LogP contribution >= 0.6 is 0 Å². The quantitative estimate of drug-likeness (QED) is 0.471. The normalized spacial score (nSPS) is 14.2. The van der Waals surface area contributed by atoms with Crippen LogP contribution in [0.1, 0.15) is 66.4 Å². The minimum atomic E-state index is 0.347. The van der Waals surface area contributed by atoms with E-state index in [1.807, 2.05) is 6.07 Å². The van der Waals surface area contributed by atoms with Gasteiger partial charge in [0.1, 0.15) is 17.1 Å². The van der Waals surface area contributed by atoms with E-state index in [0.29, 0.717) is 66.0 Å². The molecule has 6 heteroatoms. The van der Waals surface area contributed by atoms with Gasteiger partial charge in [-0.15, -0.1) is 5.10 Å². The van der Waals surface area contributed by atoms with Gasteiger partial charge in [-0.3, -0.25) is 0 Å². The van der Waals surface area contributed by atoms with Gasteiger partial charge in [-0.1, -0.05) is 60.8 Å². The van der Waals surface area contributed by atoms with E-state index in [-0.39, 0.29) is 0 Å². The van der Waals surface area contributed by atoms with E-state index in [1.54, 1.807) is 10.7 Å². The molecular weight excluding hydrogens is 366 g/mol. The smallest absolute Gasteiger partial charge is 0.252 e. The van der Waals surface area contributed by atoms with Crippen LogP contribution < -0.4 is 14.2 Å². The molecular formula is C23H35N3O3. The molecule has 2 heterocycles.